The molecule has 136 valence electrons. The van der Waals surface area contributed by atoms with Crippen LogP contribution in [0.1, 0.15) is 24.4 Å². The average Bonchev–Trinajstić information content (AvgIpc) is 2.53. The molecule has 7 nitrogen and oxygen atoms in total. The first-order valence-electron chi connectivity index (χ1n) is 7.56. The summed E-state index contributed by atoms with van der Waals surface area (Å²) in [6.07, 6.45) is -0.281. The fourth-order valence-corrected chi connectivity index (χ4v) is 4.85. The highest BCUT2D eigenvalue weighted by molar-refractivity contribution is 7.93. The Morgan fingerprint density at radius 3 is 1.92 bits per heavy atom. The first-order valence-corrected chi connectivity index (χ1v) is 10.7. The van der Waals surface area contributed by atoms with Crippen LogP contribution in [0.2, 0.25) is 0 Å². The Hall–Kier alpha value is -1.70. The van der Waals surface area contributed by atoms with Crippen molar-refractivity contribution >= 4 is 23.4 Å². The third-order valence-electron chi connectivity index (χ3n) is 3.74. The van der Waals surface area contributed by atoms with Crippen molar-refractivity contribution in [2.75, 3.05) is 5.32 Å². The van der Waals surface area contributed by atoms with Crippen molar-refractivity contribution in [2.24, 2.45) is 0 Å². The topological polar surface area (TPSA) is 124 Å². The third kappa shape index (κ3) is 5.95. The summed E-state index contributed by atoms with van der Waals surface area (Å²) in [5.41, 5.74) is 1.63. The summed E-state index contributed by atoms with van der Waals surface area (Å²) in [7, 11) is -9.86. The van der Waals surface area contributed by atoms with Gasteiger partial charge in [0.25, 0.3) is 10.1 Å². The third-order valence-corrected chi connectivity index (χ3v) is 7.29. The number of benzene rings is 2. The zero-order chi connectivity index (χ0) is 18.5. The van der Waals surface area contributed by atoms with Crippen LogP contribution in [0.15, 0.2) is 60.7 Å². The second kappa shape index (κ2) is 8.12. The lowest BCUT2D eigenvalue weighted by Crippen LogP contribution is -2.22. The Morgan fingerprint density at radius 1 is 0.920 bits per heavy atom. The summed E-state index contributed by atoms with van der Waals surface area (Å²) in [5, 5.41) is 3.22. The maximum Gasteiger partial charge on any atom is 0.346 e. The number of para-hydroxylation sites is 1. The van der Waals surface area contributed by atoms with Crippen molar-refractivity contribution in [2.45, 2.75) is 23.9 Å². The first kappa shape index (κ1) is 19.6. The zero-order valence-electron chi connectivity index (χ0n) is 13.3. The Balaban J connectivity index is 2.23. The number of hydrogen-bond donors (Lipinski definition) is 4. The predicted octanol–water partition coefficient (Wildman–Crippen LogP) is 3.01. The minimum atomic E-state index is -4.99. The Morgan fingerprint density at radius 2 is 1.44 bits per heavy atom. The summed E-state index contributed by atoms with van der Waals surface area (Å²) in [6, 6.07) is 17.9. The normalized spacial score (nSPS) is 14.7. The van der Waals surface area contributed by atoms with Gasteiger partial charge in [-0.2, -0.15) is 8.42 Å². The van der Waals surface area contributed by atoms with Crippen LogP contribution in [0, 0.1) is 0 Å². The quantitative estimate of drug-likeness (QED) is 0.407. The Kier molecular flexibility index (Phi) is 6.37. The molecule has 0 fully saturated rings. The molecule has 2 aromatic carbocycles. The van der Waals surface area contributed by atoms with Gasteiger partial charge in [0.05, 0.1) is 6.04 Å². The highest BCUT2D eigenvalue weighted by atomic mass is 32.2. The van der Waals surface area contributed by atoms with Crippen molar-refractivity contribution in [1.82, 2.24) is 0 Å². The summed E-state index contributed by atoms with van der Waals surface area (Å²) in [5.74, 6) is 0. The van der Waals surface area contributed by atoms with Gasteiger partial charge in [-0.3, -0.25) is 9.12 Å². The summed E-state index contributed by atoms with van der Waals surface area (Å²) < 4.78 is 43.2. The largest absolute Gasteiger partial charge is 0.378 e. The zero-order valence-corrected chi connectivity index (χ0v) is 15.0. The van der Waals surface area contributed by atoms with E-state index in [4.69, 9.17) is 4.55 Å². The molecular formula is C16H20NO6PS. The molecule has 0 heterocycles. The van der Waals surface area contributed by atoms with E-state index >= 15 is 0 Å². The minimum absolute atomic E-state index is 0.106. The average molecular weight is 385 g/mol. The lowest BCUT2D eigenvalue weighted by molar-refractivity contribution is 0.359. The smallest absolute Gasteiger partial charge is 0.346 e. The van der Waals surface area contributed by atoms with E-state index in [2.05, 4.69) is 5.32 Å². The van der Waals surface area contributed by atoms with Crippen molar-refractivity contribution in [3.8, 4) is 0 Å². The molecule has 0 saturated heterocycles. The van der Waals surface area contributed by atoms with Gasteiger partial charge in [-0.15, -0.1) is 0 Å². The highest BCUT2D eigenvalue weighted by Gasteiger charge is 2.39. The van der Waals surface area contributed by atoms with E-state index in [-0.39, 0.29) is 18.9 Å². The molecule has 0 spiro atoms. The molecule has 0 aliphatic carbocycles. The van der Waals surface area contributed by atoms with E-state index in [0.717, 1.165) is 11.3 Å². The number of nitrogens with one attached hydrogen (secondary N) is 1. The fraction of sp³-hybridized carbons (Fsp3) is 0.250. The second-order valence-electron chi connectivity index (χ2n) is 5.61. The molecular weight excluding hydrogens is 365 g/mol. The summed E-state index contributed by atoms with van der Waals surface area (Å²) in [6.45, 7) is 0. The monoisotopic (exact) mass is 385 g/mol. The van der Waals surface area contributed by atoms with Crippen molar-refractivity contribution in [1.29, 1.82) is 0 Å². The molecule has 2 aromatic rings. The van der Waals surface area contributed by atoms with E-state index in [9.17, 15) is 22.8 Å². The molecule has 2 atom stereocenters. The van der Waals surface area contributed by atoms with Crippen LogP contribution in [0.5, 0.6) is 0 Å². The second-order valence-corrected chi connectivity index (χ2v) is 9.36. The van der Waals surface area contributed by atoms with Crippen LogP contribution in [0.3, 0.4) is 0 Å². The van der Waals surface area contributed by atoms with Crippen LogP contribution < -0.4 is 5.32 Å². The molecule has 9 heteroatoms. The molecule has 2 unspecified atom stereocenters. The van der Waals surface area contributed by atoms with Gasteiger partial charge in [0, 0.05) is 5.69 Å². The molecule has 0 aliphatic heterocycles. The van der Waals surface area contributed by atoms with Gasteiger partial charge in [-0.1, -0.05) is 48.5 Å². The highest BCUT2D eigenvalue weighted by Crippen LogP contribution is 2.46. The predicted molar refractivity (Wildman–Crippen MR) is 95.9 cm³/mol. The van der Waals surface area contributed by atoms with Crippen LogP contribution in [0.25, 0.3) is 0 Å². The van der Waals surface area contributed by atoms with E-state index in [1.54, 1.807) is 0 Å². The lowest BCUT2D eigenvalue weighted by Gasteiger charge is -2.23. The van der Waals surface area contributed by atoms with E-state index in [1.807, 2.05) is 60.7 Å². The van der Waals surface area contributed by atoms with Gasteiger partial charge in [0.2, 0.25) is 0 Å². The van der Waals surface area contributed by atoms with Crippen LogP contribution in [0.4, 0.5) is 5.69 Å². The Labute approximate surface area is 146 Å². The van der Waals surface area contributed by atoms with E-state index < -0.39 is 22.7 Å². The maximum absolute atomic E-state index is 11.4. The van der Waals surface area contributed by atoms with Gasteiger partial charge >= 0.3 is 7.60 Å². The standard InChI is InChI=1S/C16H20NO6PS/c18-24(19,20)16(25(21,22)23)12-11-15(13-7-3-1-4-8-13)17-14-9-5-2-6-10-14/h1-10,15-17H,11-12H2,(H2,18,19,20)(H,21,22,23). The lowest BCUT2D eigenvalue weighted by atomic mass is 10.0. The summed E-state index contributed by atoms with van der Waals surface area (Å²) in [4.78, 5) is 16.3. The maximum atomic E-state index is 11.4. The van der Waals surface area contributed by atoms with Crippen molar-refractivity contribution < 1.29 is 27.3 Å². The van der Waals surface area contributed by atoms with Gasteiger partial charge in [0.15, 0.2) is 4.99 Å². The molecule has 0 bridgehead atoms. The van der Waals surface area contributed by atoms with Gasteiger partial charge in [0.1, 0.15) is 0 Å². The van der Waals surface area contributed by atoms with Crippen LogP contribution in [-0.4, -0.2) is 27.7 Å². The van der Waals surface area contributed by atoms with E-state index in [0.29, 0.717) is 0 Å². The van der Waals surface area contributed by atoms with Crippen molar-refractivity contribution in [3.05, 3.63) is 66.2 Å². The molecule has 0 amide bonds. The Bertz CT molecular complexity index is 822. The first-order chi connectivity index (χ1) is 11.7. The van der Waals surface area contributed by atoms with Crippen molar-refractivity contribution in [3.63, 3.8) is 0 Å². The summed E-state index contributed by atoms with van der Waals surface area (Å²) >= 11 is 0. The van der Waals surface area contributed by atoms with Crippen LogP contribution in [-0.2, 0) is 14.7 Å². The minimum Gasteiger partial charge on any atom is -0.378 e. The fourth-order valence-electron chi connectivity index (χ4n) is 2.54. The molecule has 0 aliphatic rings. The number of hydrogen-bond acceptors (Lipinski definition) is 4. The molecule has 0 saturated carbocycles. The molecule has 0 aromatic heterocycles. The number of anilines is 1. The number of rotatable bonds is 8. The van der Waals surface area contributed by atoms with Gasteiger partial charge in [-0.25, -0.2) is 0 Å². The SMILES string of the molecule is O=P(O)(O)C(CCC(Nc1ccccc1)c1ccccc1)S(=O)(=O)O. The molecule has 25 heavy (non-hydrogen) atoms. The molecule has 0 radical (unpaired) electrons. The van der Waals surface area contributed by atoms with E-state index in [1.165, 1.54) is 0 Å². The molecule has 2 rings (SSSR count). The molecule has 4 N–H and O–H groups in total. The van der Waals surface area contributed by atoms with Gasteiger partial charge < -0.3 is 15.1 Å². The van der Waals surface area contributed by atoms with Crippen LogP contribution >= 0.6 is 7.60 Å². The van der Waals surface area contributed by atoms with Gasteiger partial charge in [-0.05, 0) is 30.5 Å².